The summed E-state index contributed by atoms with van der Waals surface area (Å²) in [5.74, 6) is 0.480. The second-order valence-corrected chi connectivity index (χ2v) is 26.4. The summed E-state index contributed by atoms with van der Waals surface area (Å²) in [5, 5.41) is 0. The van der Waals surface area contributed by atoms with Crippen LogP contribution < -0.4 is 31.1 Å². The van der Waals surface area contributed by atoms with E-state index in [1.807, 2.05) is 0 Å². The van der Waals surface area contributed by atoms with Crippen LogP contribution in [0.5, 0.6) is 0 Å². The summed E-state index contributed by atoms with van der Waals surface area (Å²) in [6, 6.07) is 46.7. The summed E-state index contributed by atoms with van der Waals surface area (Å²) in [6.45, 7) is 38.1. The number of rotatable bonds is 4. The van der Waals surface area contributed by atoms with Crippen molar-refractivity contribution in [3.8, 4) is 0 Å². The monoisotopic (exact) mass is 914 g/mol. The summed E-state index contributed by atoms with van der Waals surface area (Å²) in [5.41, 5.74) is 22.6. The first kappa shape index (κ1) is 47.5. The van der Waals surface area contributed by atoms with Gasteiger partial charge in [-0.15, -0.1) is 0 Å². The Balaban J connectivity index is 1.28. The predicted octanol–water partition coefficient (Wildman–Crippen LogP) is 16.6. The molecule has 1 aliphatic carbocycles. The van der Waals surface area contributed by atoms with Crippen LogP contribution in [0.3, 0.4) is 0 Å². The van der Waals surface area contributed by atoms with Crippen LogP contribution in [0.25, 0.3) is 0 Å². The highest BCUT2D eigenvalue weighted by Gasteiger charge is 2.57. The first-order chi connectivity index (χ1) is 32.3. The molecule has 4 aliphatic rings. The molecule has 358 valence electrons. The minimum atomic E-state index is -0.103. The third-order valence-corrected chi connectivity index (χ3v) is 17.3. The minimum absolute atomic E-state index is 0.0200. The molecule has 0 N–H and O–H groups in total. The molecule has 4 heteroatoms. The third kappa shape index (κ3) is 7.68. The van der Waals surface area contributed by atoms with Gasteiger partial charge in [-0.05, 0) is 158 Å². The second-order valence-electron chi connectivity index (χ2n) is 26.4. The van der Waals surface area contributed by atoms with E-state index in [2.05, 4.69) is 241 Å². The van der Waals surface area contributed by atoms with Gasteiger partial charge in [0, 0.05) is 50.9 Å². The maximum Gasteiger partial charge on any atom is 0.252 e. The van der Waals surface area contributed by atoms with Gasteiger partial charge in [0.2, 0.25) is 0 Å². The molecule has 0 amide bonds. The van der Waals surface area contributed by atoms with E-state index in [-0.39, 0.29) is 39.3 Å². The van der Waals surface area contributed by atoms with Gasteiger partial charge in [0.15, 0.2) is 0 Å². The Bertz CT molecular complexity index is 2950. The molecule has 2 atom stereocenters. The number of hydrogen-bond acceptors (Lipinski definition) is 3. The molecule has 3 nitrogen and oxygen atoms in total. The molecule has 3 heterocycles. The van der Waals surface area contributed by atoms with Crippen LogP contribution in [0, 0.1) is 0 Å². The quantitative estimate of drug-likeness (QED) is 0.163. The fraction of sp³-hybridized carbons (Fsp3) is 0.446. The minimum Gasteiger partial charge on any atom is -0.334 e. The summed E-state index contributed by atoms with van der Waals surface area (Å²) in [7, 11) is 0. The van der Waals surface area contributed by atoms with Crippen molar-refractivity contribution in [1.29, 1.82) is 0 Å². The van der Waals surface area contributed by atoms with Crippen molar-refractivity contribution in [3.05, 3.63) is 149 Å². The Kier molecular flexibility index (Phi) is 11.1. The zero-order chi connectivity index (χ0) is 49.4. The summed E-state index contributed by atoms with van der Waals surface area (Å²) in [6.07, 6.45) is 7.54. The van der Waals surface area contributed by atoms with Crippen LogP contribution in [0.15, 0.2) is 115 Å². The van der Waals surface area contributed by atoms with E-state index < -0.39 is 0 Å². The van der Waals surface area contributed by atoms with Crippen LogP contribution in [0.1, 0.15) is 189 Å². The number of hydrogen-bond donors (Lipinski definition) is 0. The lowest BCUT2D eigenvalue weighted by atomic mass is 9.33. The van der Waals surface area contributed by atoms with Gasteiger partial charge in [0.05, 0.1) is 5.54 Å². The van der Waals surface area contributed by atoms with E-state index in [0.717, 1.165) is 0 Å². The van der Waals surface area contributed by atoms with E-state index in [9.17, 15) is 0 Å². The van der Waals surface area contributed by atoms with Gasteiger partial charge in [0.25, 0.3) is 6.71 Å². The molecule has 69 heavy (non-hydrogen) atoms. The Morgan fingerprint density at radius 3 is 1.46 bits per heavy atom. The maximum atomic E-state index is 2.82. The van der Waals surface area contributed by atoms with E-state index >= 15 is 0 Å². The highest BCUT2D eigenvalue weighted by Crippen LogP contribution is 2.60. The highest BCUT2D eigenvalue weighted by molar-refractivity contribution is 7.00. The van der Waals surface area contributed by atoms with Crippen molar-refractivity contribution < 1.29 is 0 Å². The standard InChI is InChI=1S/C65H80BN3/c1-42(2)43-21-33-54-51(37-43)64(15)35-19-17-18-20-36-65(64,16)69(54)50-31-32-52-56(41-50)68(49-29-24-45(25-30-49)61(6,7)8)58-40-47(63(12,13)14)39-57-59(58)66(52)53-38-46(62(9,10)11)26-34-55(53)67(57)48-27-22-44(23-28-48)60(3,4)5/h21-34,37-42H,17-20,35-36H2,1-16H3. The second kappa shape index (κ2) is 16.2. The first-order valence-electron chi connectivity index (χ1n) is 26.5. The SMILES string of the molecule is CC(C)c1ccc2c(c1)C1(C)CCCCCCC1(C)N2c1ccc2c(c1)N(c1ccc(C(C)(C)C)cc1)c1cc(C(C)(C)C)cc3c1B2c1cc(C(C)(C)C)ccc1N3c1ccc(C(C)(C)C)cc1. The van der Waals surface area contributed by atoms with Crippen molar-refractivity contribution in [2.24, 2.45) is 0 Å². The van der Waals surface area contributed by atoms with Gasteiger partial charge >= 0.3 is 0 Å². The molecule has 2 unspecified atom stereocenters. The van der Waals surface area contributed by atoms with Gasteiger partial charge in [-0.2, -0.15) is 0 Å². The van der Waals surface area contributed by atoms with Gasteiger partial charge in [0.1, 0.15) is 0 Å². The zero-order valence-corrected chi connectivity index (χ0v) is 45.2. The molecule has 3 aliphatic heterocycles. The van der Waals surface area contributed by atoms with Crippen LogP contribution in [-0.4, -0.2) is 12.3 Å². The van der Waals surface area contributed by atoms with Crippen LogP contribution in [-0.2, 0) is 27.1 Å². The molecular formula is C65H80BN3. The van der Waals surface area contributed by atoms with Crippen LogP contribution >= 0.6 is 0 Å². The Morgan fingerprint density at radius 2 is 0.928 bits per heavy atom. The van der Waals surface area contributed by atoms with Crippen LogP contribution in [0.2, 0.25) is 0 Å². The van der Waals surface area contributed by atoms with Crippen molar-refractivity contribution in [2.45, 2.75) is 188 Å². The first-order valence-corrected chi connectivity index (χ1v) is 26.5. The topological polar surface area (TPSA) is 9.72 Å². The fourth-order valence-electron chi connectivity index (χ4n) is 12.7. The molecule has 1 fully saturated rings. The predicted molar refractivity (Wildman–Crippen MR) is 301 cm³/mol. The lowest BCUT2D eigenvalue weighted by molar-refractivity contribution is 0.217. The Hall–Kier alpha value is -5.22. The molecule has 10 rings (SSSR count). The summed E-state index contributed by atoms with van der Waals surface area (Å²) < 4.78 is 0. The molecule has 0 radical (unpaired) electrons. The highest BCUT2D eigenvalue weighted by atomic mass is 15.3. The Labute approximate surface area is 417 Å². The largest absolute Gasteiger partial charge is 0.334 e. The van der Waals surface area contributed by atoms with Gasteiger partial charge < -0.3 is 14.7 Å². The smallest absolute Gasteiger partial charge is 0.252 e. The third-order valence-electron chi connectivity index (χ3n) is 17.3. The van der Waals surface area contributed by atoms with E-state index in [0.29, 0.717) is 5.92 Å². The fourth-order valence-corrected chi connectivity index (χ4v) is 12.7. The van der Waals surface area contributed by atoms with Crippen LogP contribution in [0.4, 0.5) is 45.5 Å². The summed E-state index contributed by atoms with van der Waals surface area (Å²) in [4.78, 5) is 8.08. The van der Waals surface area contributed by atoms with Crippen molar-refractivity contribution in [2.75, 3.05) is 14.7 Å². The molecule has 0 spiro atoms. The van der Waals surface area contributed by atoms with Crippen molar-refractivity contribution in [1.82, 2.24) is 0 Å². The molecule has 6 aromatic rings. The average Bonchev–Trinajstić information content (AvgIpc) is 3.45. The van der Waals surface area contributed by atoms with Gasteiger partial charge in [-0.3, -0.25) is 0 Å². The number of fused-ring (bicyclic) bond motifs is 7. The van der Waals surface area contributed by atoms with Gasteiger partial charge in [-0.25, -0.2) is 0 Å². The van der Waals surface area contributed by atoms with Crippen molar-refractivity contribution >= 4 is 68.6 Å². The van der Waals surface area contributed by atoms with E-state index in [1.54, 1.807) is 5.56 Å². The molecular weight excluding hydrogens is 834 g/mol. The summed E-state index contributed by atoms with van der Waals surface area (Å²) >= 11 is 0. The van der Waals surface area contributed by atoms with E-state index in [1.165, 1.54) is 128 Å². The maximum absolute atomic E-state index is 2.82. The molecule has 6 aromatic carbocycles. The zero-order valence-electron chi connectivity index (χ0n) is 45.2. The molecule has 0 saturated heterocycles. The number of benzene rings is 6. The van der Waals surface area contributed by atoms with E-state index in [4.69, 9.17) is 0 Å². The number of anilines is 8. The normalized spacial score (nSPS) is 20.2. The Morgan fingerprint density at radius 1 is 0.435 bits per heavy atom. The lowest BCUT2D eigenvalue weighted by Gasteiger charge is -2.49. The average molecular weight is 914 g/mol. The molecule has 0 aromatic heterocycles. The molecule has 1 saturated carbocycles. The lowest BCUT2D eigenvalue weighted by Crippen LogP contribution is -2.61. The van der Waals surface area contributed by atoms with Gasteiger partial charge in [-0.1, -0.05) is 184 Å². The van der Waals surface area contributed by atoms with Crippen molar-refractivity contribution in [3.63, 3.8) is 0 Å². The molecule has 0 bridgehead atoms. The number of nitrogens with zero attached hydrogens (tertiary/aromatic N) is 3.